The number of nitrogens with two attached hydrogens (primary N) is 2. The van der Waals surface area contributed by atoms with Gasteiger partial charge in [0.05, 0.1) is 7.11 Å². The van der Waals surface area contributed by atoms with Crippen LogP contribution in [-0.4, -0.2) is 25.7 Å². The van der Waals surface area contributed by atoms with Gasteiger partial charge in [-0.15, -0.1) is 0 Å². The molecule has 0 aliphatic carbocycles. The summed E-state index contributed by atoms with van der Waals surface area (Å²) >= 11 is 0. The van der Waals surface area contributed by atoms with E-state index < -0.39 is 12.0 Å². The van der Waals surface area contributed by atoms with E-state index in [1.54, 1.807) is 6.08 Å². The molecule has 0 rings (SSSR count). The zero-order valence-electron chi connectivity index (χ0n) is 5.91. The second-order valence-electron chi connectivity index (χ2n) is 1.71. The molecule has 0 aromatic carbocycles. The van der Waals surface area contributed by atoms with Gasteiger partial charge in [-0.1, -0.05) is 12.2 Å². The monoisotopic (exact) mass is 144 g/mol. The van der Waals surface area contributed by atoms with Crippen molar-refractivity contribution in [3.05, 3.63) is 12.2 Å². The number of methoxy groups -OCH3 is 1. The van der Waals surface area contributed by atoms with Crippen LogP contribution < -0.4 is 11.5 Å². The summed E-state index contributed by atoms with van der Waals surface area (Å²) in [6.07, 6.45) is 3.12. The molecule has 0 bridgehead atoms. The van der Waals surface area contributed by atoms with Gasteiger partial charge in [-0.2, -0.15) is 0 Å². The fourth-order valence-electron chi connectivity index (χ4n) is 0.440. The third-order valence-corrected chi connectivity index (χ3v) is 0.953. The minimum Gasteiger partial charge on any atom is -0.468 e. The predicted molar refractivity (Wildman–Crippen MR) is 38.2 cm³/mol. The van der Waals surface area contributed by atoms with Gasteiger partial charge in [0.1, 0.15) is 6.04 Å². The number of ether oxygens (including phenoxy) is 1. The van der Waals surface area contributed by atoms with E-state index in [1.807, 2.05) is 0 Å². The molecule has 0 radical (unpaired) electrons. The fraction of sp³-hybridized carbons (Fsp3) is 0.500. The zero-order valence-corrected chi connectivity index (χ0v) is 5.91. The van der Waals surface area contributed by atoms with Gasteiger partial charge in [-0.25, -0.2) is 0 Å². The van der Waals surface area contributed by atoms with E-state index in [4.69, 9.17) is 11.5 Å². The molecule has 0 aliphatic heterocycles. The SMILES string of the molecule is COC(=O)C(N)/C=C\CN. The first-order chi connectivity index (χ1) is 4.72. The molecular weight excluding hydrogens is 132 g/mol. The maximum atomic E-state index is 10.6. The Morgan fingerprint density at radius 1 is 1.80 bits per heavy atom. The second kappa shape index (κ2) is 4.96. The molecule has 1 atom stereocenters. The average molecular weight is 144 g/mol. The van der Waals surface area contributed by atoms with Crippen molar-refractivity contribution in [1.82, 2.24) is 0 Å². The van der Waals surface area contributed by atoms with Crippen LogP contribution in [0.15, 0.2) is 12.2 Å². The number of rotatable bonds is 3. The zero-order chi connectivity index (χ0) is 7.98. The maximum absolute atomic E-state index is 10.6. The van der Waals surface area contributed by atoms with Crippen molar-refractivity contribution in [2.75, 3.05) is 13.7 Å². The molecule has 0 heterocycles. The van der Waals surface area contributed by atoms with E-state index >= 15 is 0 Å². The molecule has 0 saturated heterocycles. The van der Waals surface area contributed by atoms with Crippen molar-refractivity contribution in [2.24, 2.45) is 11.5 Å². The van der Waals surface area contributed by atoms with Gasteiger partial charge >= 0.3 is 5.97 Å². The number of carbonyl (C=O) groups excluding carboxylic acids is 1. The van der Waals surface area contributed by atoms with E-state index in [0.717, 1.165) is 0 Å². The molecule has 1 unspecified atom stereocenters. The summed E-state index contributed by atoms with van der Waals surface area (Å²) in [5, 5.41) is 0. The summed E-state index contributed by atoms with van der Waals surface area (Å²) in [4.78, 5) is 10.6. The van der Waals surface area contributed by atoms with E-state index in [1.165, 1.54) is 13.2 Å². The van der Waals surface area contributed by atoms with Gasteiger partial charge in [0.25, 0.3) is 0 Å². The van der Waals surface area contributed by atoms with Crippen LogP contribution in [0.25, 0.3) is 0 Å². The Hall–Kier alpha value is -0.870. The molecule has 0 amide bonds. The quantitative estimate of drug-likeness (QED) is 0.393. The lowest BCUT2D eigenvalue weighted by Crippen LogP contribution is -2.29. The molecule has 0 aliphatic rings. The minimum atomic E-state index is -0.687. The van der Waals surface area contributed by atoms with Crippen LogP contribution in [0.3, 0.4) is 0 Å². The third kappa shape index (κ3) is 3.21. The second-order valence-corrected chi connectivity index (χ2v) is 1.71. The molecule has 4 nitrogen and oxygen atoms in total. The van der Waals surface area contributed by atoms with Gasteiger partial charge in [0.15, 0.2) is 0 Å². The van der Waals surface area contributed by atoms with E-state index in [9.17, 15) is 4.79 Å². The smallest absolute Gasteiger partial charge is 0.326 e. The molecule has 0 spiro atoms. The summed E-state index contributed by atoms with van der Waals surface area (Å²) in [6, 6.07) is -0.687. The Balaban J connectivity index is 3.72. The first kappa shape index (κ1) is 9.13. The summed E-state index contributed by atoms with van der Waals surface area (Å²) in [5.74, 6) is -0.454. The molecule has 0 aromatic rings. The minimum absolute atomic E-state index is 0.380. The van der Waals surface area contributed by atoms with E-state index in [-0.39, 0.29) is 0 Å². The number of esters is 1. The topological polar surface area (TPSA) is 78.3 Å². The molecule has 4 heteroatoms. The molecule has 58 valence electrons. The molecule has 0 saturated carbocycles. The van der Waals surface area contributed by atoms with Crippen molar-refractivity contribution in [1.29, 1.82) is 0 Å². The van der Waals surface area contributed by atoms with Crippen molar-refractivity contribution in [3.8, 4) is 0 Å². The third-order valence-electron chi connectivity index (χ3n) is 0.953. The Kier molecular flexibility index (Phi) is 4.53. The molecule has 10 heavy (non-hydrogen) atoms. The molecule has 0 fully saturated rings. The van der Waals surface area contributed by atoms with Gasteiger partial charge in [0, 0.05) is 6.54 Å². The fourth-order valence-corrected chi connectivity index (χ4v) is 0.440. The molecular formula is C6H12N2O2. The Morgan fingerprint density at radius 2 is 2.40 bits per heavy atom. The van der Waals surface area contributed by atoms with E-state index in [2.05, 4.69) is 4.74 Å². The number of hydrogen-bond acceptors (Lipinski definition) is 4. The normalized spacial score (nSPS) is 13.5. The van der Waals surface area contributed by atoms with Crippen molar-refractivity contribution in [2.45, 2.75) is 6.04 Å². The van der Waals surface area contributed by atoms with Crippen molar-refractivity contribution in [3.63, 3.8) is 0 Å². The maximum Gasteiger partial charge on any atom is 0.326 e. The van der Waals surface area contributed by atoms with E-state index in [0.29, 0.717) is 6.54 Å². The molecule has 4 N–H and O–H groups in total. The van der Waals surface area contributed by atoms with Crippen molar-refractivity contribution >= 4 is 5.97 Å². The van der Waals surface area contributed by atoms with Crippen LogP contribution in [0.1, 0.15) is 0 Å². The summed E-state index contributed by atoms with van der Waals surface area (Å²) in [5.41, 5.74) is 10.4. The predicted octanol–water partition coefficient (Wildman–Crippen LogP) is -0.998. The highest BCUT2D eigenvalue weighted by Gasteiger charge is 2.07. The number of carbonyl (C=O) groups is 1. The highest BCUT2D eigenvalue weighted by molar-refractivity contribution is 5.77. The highest BCUT2D eigenvalue weighted by Crippen LogP contribution is 1.84. The lowest BCUT2D eigenvalue weighted by atomic mass is 10.3. The lowest BCUT2D eigenvalue weighted by Gasteiger charge is -2.01. The van der Waals surface area contributed by atoms with Gasteiger partial charge in [-0.05, 0) is 0 Å². The first-order valence-electron chi connectivity index (χ1n) is 2.92. The van der Waals surface area contributed by atoms with Crippen LogP contribution in [0.2, 0.25) is 0 Å². The summed E-state index contributed by atoms with van der Waals surface area (Å²) in [7, 11) is 1.29. The Morgan fingerprint density at radius 3 is 2.80 bits per heavy atom. The van der Waals surface area contributed by atoms with Gasteiger partial charge in [-0.3, -0.25) is 4.79 Å². The molecule has 0 aromatic heterocycles. The van der Waals surface area contributed by atoms with Crippen LogP contribution in [0.4, 0.5) is 0 Å². The van der Waals surface area contributed by atoms with Crippen LogP contribution in [0, 0.1) is 0 Å². The first-order valence-corrected chi connectivity index (χ1v) is 2.92. The average Bonchev–Trinajstić information content (AvgIpc) is 1.98. The van der Waals surface area contributed by atoms with Gasteiger partial charge in [0.2, 0.25) is 0 Å². The lowest BCUT2D eigenvalue weighted by molar-refractivity contribution is -0.140. The Labute approximate surface area is 59.8 Å². The summed E-state index contributed by atoms with van der Waals surface area (Å²) < 4.78 is 4.35. The van der Waals surface area contributed by atoms with Crippen LogP contribution >= 0.6 is 0 Å². The van der Waals surface area contributed by atoms with Crippen LogP contribution in [-0.2, 0) is 9.53 Å². The standard InChI is InChI=1S/C6H12N2O2/c1-10-6(9)5(8)3-2-4-7/h2-3,5H,4,7-8H2,1H3/b3-2-. The van der Waals surface area contributed by atoms with Crippen molar-refractivity contribution < 1.29 is 9.53 Å². The Bertz CT molecular complexity index is 134. The largest absolute Gasteiger partial charge is 0.468 e. The van der Waals surface area contributed by atoms with Gasteiger partial charge < -0.3 is 16.2 Å². The van der Waals surface area contributed by atoms with Crippen LogP contribution in [0.5, 0.6) is 0 Å². The summed E-state index contributed by atoms with van der Waals surface area (Å²) in [6.45, 7) is 0.380. The number of hydrogen-bond donors (Lipinski definition) is 2. The highest BCUT2D eigenvalue weighted by atomic mass is 16.5.